The summed E-state index contributed by atoms with van der Waals surface area (Å²) in [6.07, 6.45) is 2.57. The Morgan fingerprint density at radius 2 is 1.69 bits per heavy atom. The van der Waals surface area contributed by atoms with Crippen LogP contribution in [-0.2, 0) is 16.0 Å². The standard InChI is InChI=1S/C28H33ClFN3O3/c1-4-32(5-2)28(36)26(34)23-17-31(3)25-16-24(29)22(15-21(23)25)27(35)33-12-10-19(11-13-33)14-18-6-8-20(30)9-7-18/h6-9,15-16,19,23H,4-5,10-14,17H2,1-3H3. The highest BCUT2D eigenvalue weighted by Gasteiger charge is 2.38. The van der Waals surface area contributed by atoms with Crippen LogP contribution in [0, 0.1) is 11.7 Å². The second-order valence-electron chi connectivity index (χ2n) is 9.73. The molecule has 36 heavy (non-hydrogen) atoms. The minimum absolute atomic E-state index is 0.154. The van der Waals surface area contributed by atoms with Gasteiger partial charge < -0.3 is 14.7 Å². The van der Waals surface area contributed by atoms with E-state index in [-0.39, 0.29) is 11.7 Å². The molecular weight excluding hydrogens is 481 g/mol. The minimum atomic E-state index is -0.622. The summed E-state index contributed by atoms with van der Waals surface area (Å²) in [5, 5.41) is 0.349. The van der Waals surface area contributed by atoms with E-state index < -0.39 is 17.6 Å². The van der Waals surface area contributed by atoms with Crippen LogP contribution in [0.15, 0.2) is 36.4 Å². The predicted molar refractivity (Wildman–Crippen MR) is 139 cm³/mol. The molecule has 2 heterocycles. The highest BCUT2D eigenvalue weighted by atomic mass is 35.5. The van der Waals surface area contributed by atoms with Gasteiger partial charge in [-0.3, -0.25) is 14.4 Å². The van der Waals surface area contributed by atoms with E-state index in [1.807, 2.05) is 42.8 Å². The number of piperidine rings is 1. The molecule has 2 amide bonds. The van der Waals surface area contributed by atoms with Crippen molar-refractivity contribution >= 4 is 34.9 Å². The lowest BCUT2D eigenvalue weighted by Crippen LogP contribution is -2.40. The number of ketones is 1. The van der Waals surface area contributed by atoms with Crippen molar-refractivity contribution in [2.45, 2.75) is 39.0 Å². The maximum atomic E-state index is 13.4. The van der Waals surface area contributed by atoms with Gasteiger partial charge in [-0.2, -0.15) is 0 Å². The van der Waals surface area contributed by atoms with Crippen LogP contribution in [0.5, 0.6) is 0 Å². The van der Waals surface area contributed by atoms with E-state index in [9.17, 15) is 18.8 Å². The number of carbonyl (C=O) groups excluding carboxylic acids is 3. The Kier molecular flexibility index (Phi) is 7.98. The smallest absolute Gasteiger partial charge is 0.290 e. The van der Waals surface area contributed by atoms with Crippen molar-refractivity contribution in [3.63, 3.8) is 0 Å². The normalized spacial score (nSPS) is 17.8. The number of anilines is 1. The number of likely N-dealkylation sites (tertiary alicyclic amines) is 1. The Morgan fingerprint density at radius 1 is 1.06 bits per heavy atom. The van der Waals surface area contributed by atoms with Gasteiger partial charge in [-0.25, -0.2) is 4.39 Å². The van der Waals surface area contributed by atoms with Gasteiger partial charge >= 0.3 is 0 Å². The molecule has 1 unspecified atom stereocenters. The molecule has 0 radical (unpaired) electrons. The van der Waals surface area contributed by atoms with Gasteiger partial charge in [-0.1, -0.05) is 23.7 Å². The summed E-state index contributed by atoms with van der Waals surface area (Å²) in [5.74, 6) is -1.53. The minimum Gasteiger partial charge on any atom is -0.373 e. The Morgan fingerprint density at radius 3 is 2.31 bits per heavy atom. The Balaban J connectivity index is 1.48. The number of nitrogens with zero attached hydrogens (tertiary/aromatic N) is 3. The molecule has 0 aromatic heterocycles. The summed E-state index contributed by atoms with van der Waals surface area (Å²) in [7, 11) is 1.86. The Bertz CT molecular complexity index is 1140. The van der Waals surface area contributed by atoms with Crippen molar-refractivity contribution < 1.29 is 18.8 Å². The summed E-state index contributed by atoms with van der Waals surface area (Å²) in [6.45, 7) is 6.24. The molecule has 2 aliphatic heterocycles. The quantitative estimate of drug-likeness (QED) is 0.510. The molecule has 0 spiro atoms. The third-order valence-electron chi connectivity index (χ3n) is 7.51. The van der Waals surface area contributed by atoms with E-state index in [2.05, 4.69) is 0 Å². The van der Waals surface area contributed by atoms with Gasteiger partial charge in [-0.05, 0) is 74.4 Å². The van der Waals surface area contributed by atoms with Crippen molar-refractivity contribution in [3.8, 4) is 0 Å². The van der Waals surface area contributed by atoms with Crippen LogP contribution >= 0.6 is 11.6 Å². The van der Waals surface area contributed by atoms with Gasteiger partial charge in [0, 0.05) is 45.5 Å². The van der Waals surface area contributed by atoms with Crippen molar-refractivity contribution in [2.24, 2.45) is 5.92 Å². The van der Waals surface area contributed by atoms with Crippen molar-refractivity contribution in [3.05, 3.63) is 63.9 Å². The second-order valence-corrected chi connectivity index (χ2v) is 10.1. The fourth-order valence-electron chi connectivity index (χ4n) is 5.33. The van der Waals surface area contributed by atoms with Crippen LogP contribution in [0.25, 0.3) is 0 Å². The molecule has 192 valence electrons. The first-order chi connectivity index (χ1) is 17.2. The first kappa shape index (κ1) is 26.1. The highest BCUT2D eigenvalue weighted by molar-refractivity contribution is 6.39. The average Bonchev–Trinajstić information content (AvgIpc) is 3.20. The molecule has 1 saturated heterocycles. The molecule has 1 atom stereocenters. The molecule has 4 rings (SSSR count). The molecule has 0 saturated carbocycles. The molecular formula is C28H33ClFN3O3. The van der Waals surface area contributed by atoms with E-state index in [0.29, 0.717) is 54.8 Å². The molecule has 8 heteroatoms. The van der Waals surface area contributed by atoms with Gasteiger partial charge in [0.1, 0.15) is 5.82 Å². The zero-order valence-electron chi connectivity index (χ0n) is 21.1. The fourth-order valence-corrected chi connectivity index (χ4v) is 5.57. The van der Waals surface area contributed by atoms with E-state index >= 15 is 0 Å². The number of benzene rings is 2. The third-order valence-corrected chi connectivity index (χ3v) is 7.82. The van der Waals surface area contributed by atoms with Crippen LogP contribution in [0.4, 0.5) is 10.1 Å². The molecule has 0 N–H and O–H groups in total. The van der Waals surface area contributed by atoms with Crippen LogP contribution in [-0.4, -0.2) is 67.2 Å². The third kappa shape index (κ3) is 5.26. The number of amides is 2. The van der Waals surface area contributed by atoms with E-state index in [1.54, 1.807) is 12.1 Å². The maximum absolute atomic E-state index is 13.4. The van der Waals surface area contributed by atoms with Crippen molar-refractivity contribution in [1.82, 2.24) is 9.80 Å². The van der Waals surface area contributed by atoms with Crippen LogP contribution in [0.3, 0.4) is 0 Å². The van der Waals surface area contributed by atoms with E-state index in [0.717, 1.165) is 30.5 Å². The average molecular weight is 514 g/mol. The number of likely N-dealkylation sites (N-methyl/N-ethyl adjacent to an activating group) is 2. The number of hydrogen-bond acceptors (Lipinski definition) is 4. The van der Waals surface area contributed by atoms with Gasteiger partial charge in [0.05, 0.1) is 16.5 Å². The lowest BCUT2D eigenvalue weighted by Gasteiger charge is -2.32. The van der Waals surface area contributed by atoms with Crippen molar-refractivity contribution in [1.29, 1.82) is 0 Å². The fraction of sp³-hybridized carbons (Fsp3) is 0.464. The zero-order valence-corrected chi connectivity index (χ0v) is 21.9. The summed E-state index contributed by atoms with van der Waals surface area (Å²) < 4.78 is 13.2. The summed E-state index contributed by atoms with van der Waals surface area (Å²) in [4.78, 5) is 44.6. The Labute approximate surface area is 217 Å². The topological polar surface area (TPSA) is 60.9 Å². The molecule has 6 nitrogen and oxygen atoms in total. The lowest BCUT2D eigenvalue weighted by atomic mass is 9.89. The number of fused-ring (bicyclic) bond motifs is 1. The van der Waals surface area contributed by atoms with E-state index in [1.165, 1.54) is 17.0 Å². The monoisotopic (exact) mass is 513 g/mol. The number of Topliss-reactive ketones (excluding diaryl/α,β-unsaturated/α-hetero) is 1. The number of halogens is 2. The van der Waals surface area contributed by atoms with Gasteiger partial charge in [0.25, 0.3) is 11.8 Å². The van der Waals surface area contributed by atoms with Crippen LogP contribution < -0.4 is 4.90 Å². The molecule has 0 aliphatic carbocycles. The summed E-state index contributed by atoms with van der Waals surface area (Å²) >= 11 is 6.56. The van der Waals surface area contributed by atoms with Crippen LogP contribution in [0.1, 0.15) is 54.1 Å². The number of carbonyl (C=O) groups is 3. The molecule has 0 bridgehead atoms. The lowest BCUT2D eigenvalue weighted by molar-refractivity contribution is -0.145. The zero-order chi connectivity index (χ0) is 26.0. The highest BCUT2D eigenvalue weighted by Crippen LogP contribution is 2.40. The van der Waals surface area contributed by atoms with Crippen molar-refractivity contribution in [2.75, 3.05) is 44.7 Å². The molecule has 1 fully saturated rings. The second kappa shape index (κ2) is 11.0. The van der Waals surface area contributed by atoms with Gasteiger partial charge in [0.15, 0.2) is 0 Å². The maximum Gasteiger partial charge on any atom is 0.290 e. The Hall–Kier alpha value is -2.93. The molecule has 2 aromatic carbocycles. The first-order valence-corrected chi connectivity index (χ1v) is 13.0. The summed E-state index contributed by atoms with van der Waals surface area (Å²) in [5.41, 5.74) is 2.93. The molecule has 2 aromatic rings. The van der Waals surface area contributed by atoms with Gasteiger partial charge in [0.2, 0.25) is 5.78 Å². The number of rotatable bonds is 7. The van der Waals surface area contributed by atoms with Crippen LogP contribution in [0.2, 0.25) is 5.02 Å². The predicted octanol–water partition coefficient (Wildman–Crippen LogP) is 4.54. The summed E-state index contributed by atoms with van der Waals surface area (Å²) in [6, 6.07) is 10.0. The van der Waals surface area contributed by atoms with Gasteiger partial charge in [-0.15, -0.1) is 0 Å². The first-order valence-electron chi connectivity index (χ1n) is 12.6. The molecule has 2 aliphatic rings. The number of hydrogen-bond donors (Lipinski definition) is 0. The largest absolute Gasteiger partial charge is 0.373 e. The SMILES string of the molecule is CCN(CC)C(=O)C(=O)C1CN(C)c2cc(Cl)c(C(=O)N3CCC(Cc4ccc(F)cc4)CC3)cc21. The van der Waals surface area contributed by atoms with E-state index in [4.69, 9.17) is 11.6 Å².